The Labute approximate surface area is 121 Å². The van der Waals surface area contributed by atoms with E-state index in [-0.39, 0.29) is 6.10 Å². The van der Waals surface area contributed by atoms with E-state index in [1.54, 1.807) is 0 Å². The zero-order chi connectivity index (χ0) is 14.6. The molecule has 0 aromatic heterocycles. The summed E-state index contributed by atoms with van der Waals surface area (Å²) in [5, 5.41) is 0. The van der Waals surface area contributed by atoms with Crippen LogP contribution in [0.5, 0.6) is 0 Å². The zero-order valence-electron chi connectivity index (χ0n) is 13.4. The highest BCUT2D eigenvalue weighted by molar-refractivity contribution is 5.98. The molecule has 0 saturated carbocycles. The molecule has 116 valence electrons. The third-order valence-electron chi connectivity index (χ3n) is 3.06. The van der Waals surface area contributed by atoms with Crippen molar-refractivity contribution in [3.8, 4) is 0 Å². The molecule has 19 heavy (non-hydrogen) atoms. The van der Waals surface area contributed by atoms with Gasteiger partial charge in [-0.2, -0.15) is 0 Å². The lowest BCUT2D eigenvalue weighted by atomic mass is 10.1. The minimum Gasteiger partial charge on any atom is -0.378 e. The Morgan fingerprint density at radius 3 is 1.95 bits per heavy atom. The minimum absolute atomic E-state index is 0.147. The molecular formula is C14H32O4Si. The van der Waals surface area contributed by atoms with Crippen LogP contribution in [-0.4, -0.2) is 42.4 Å². The van der Waals surface area contributed by atoms with Gasteiger partial charge in [-0.1, -0.05) is 32.6 Å². The van der Waals surface area contributed by atoms with Crippen LogP contribution >= 0.6 is 0 Å². The molecule has 0 bridgehead atoms. The Morgan fingerprint density at radius 2 is 1.53 bits per heavy atom. The van der Waals surface area contributed by atoms with Crippen LogP contribution in [0, 0.1) is 0 Å². The molecule has 0 fully saturated rings. The molecule has 0 aliphatic rings. The molecule has 0 aromatic carbocycles. The van der Waals surface area contributed by atoms with Crippen molar-refractivity contribution in [3.63, 3.8) is 0 Å². The average Bonchev–Trinajstić information content (AvgIpc) is 2.42. The molecule has 0 radical (unpaired) electrons. The van der Waals surface area contributed by atoms with Crippen molar-refractivity contribution in [2.75, 3.05) is 19.8 Å². The lowest BCUT2D eigenvalue weighted by molar-refractivity contribution is -0.383. The van der Waals surface area contributed by atoms with Crippen LogP contribution in [0.25, 0.3) is 0 Å². The highest BCUT2D eigenvalue weighted by Crippen LogP contribution is 2.26. The quantitative estimate of drug-likeness (QED) is 0.297. The second-order valence-electron chi connectivity index (χ2n) is 4.47. The van der Waals surface area contributed by atoms with Gasteiger partial charge < -0.3 is 18.6 Å². The average molecular weight is 292 g/mol. The minimum atomic E-state index is -1.00. The summed E-state index contributed by atoms with van der Waals surface area (Å²) in [5.41, 5.74) is 0. The first-order chi connectivity index (χ1) is 9.20. The maximum atomic E-state index is 5.83. The molecule has 0 aliphatic heterocycles. The molecule has 1 unspecified atom stereocenters. The van der Waals surface area contributed by atoms with E-state index >= 15 is 0 Å². The van der Waals surface area contributed by atoms with Crippen molar-refractivity contribution < 1.29 is 18.6 Å². The Morgan fingerprint density at radius 1 is 0.895 bits per heavy atom. The van der Waals surface area contributed by atoms with Gasteiger partial charge >= 0.3 is 5.97 Å². The maximum Gasteiger partial charge on any atom is 0.300 e. The number of unbranched alkanes of at least 4 members (excludes halogenated alkanes) is 3. The Hall–Kier alpha value is 0.0569. The molecule has 0 saturated heterocycles. The van der Waals surface area contributed by atoms with Gasteiger partial charge in [0.1, 0.15) is 6.10 Å². The van der Waals surface area contributed by atoms with Gasteiger partial charge in [-0.15, -0.1) is 0 Å². The second kappa shape index (κ2) is 11.8. The zero-order valence-corrected chi connectivity index (χ0v) is 15.4. The molecule has 1 atom stereocenters. The maximum absolute atomic E-state index is 5.83. The second-order valence-corrected chi connectivity index (χ2v) is 4.88. The molecule has 0 N–H and O–H groups in total. The van der Waals surface area contributed by atoms with Crippen molar-refractivity contribution in [2.45, 2.75) is 71.9 Å². The summed E-state index contributed by atoms with van der Waals surface area (Å²) in [6.07, 6.45) is 5.60. The third kappa shape index (κ3) is 6.86. The van der Waals surface area contributed by atoms with Crippen LogP contribution in [0.3, 0.4) is 0 Å². The number of hydrogen-bond acceptors (Lipinski definition) is 4. The van der Waals surface area contributed by atoms with Gasteiger partial charge in [-0.3, -0.25) is 0 Å². The summed E-state index contributed by atoms with van der Waals surface area (Å²) in [4.78, 5) is 0. The fraction of sp³-hybridized carbons (Fsp3) is 1.00. The van der Waals surface area contributed by atoms with E-state index in [9.17, 15) is 0 Å². The molecule has 4 nitrogen and oxygen atoms in total. The molecule has 0 rings (SSSR count). The van der Waals surface area contributed by atoms with E-state index in [2.05, 4.69) is 6.92 Å². The summed E-state index contributed by atoms with van der Waals surface area (Å²) in [5.74, 6) is -1.00. The van der Waals surface area contributed by atoms with E-state index in [1.165, 1.54) is 19.3 Å². The van der Waals surface area contributed by atoms with Crippen molar-refractivity contribution in [1.29, 1.82) is 0 Å². The largest absolute Gasteiger partial charge is 0.378 e. The lowest BCUT2D eigenvalue weighted by Crippen LogP contribution is -2.51. The van der Waals surface area contributed by atoms with Crippen LogP contribution in [0.4, 0.5) is 0 Å². The molecular weight excluding hydrogens is 260 g/mol. The van der Waals surface area contributed by atoms with Gasteiger partial charge in [0.2, 0.25) is 0 Å². The molecule has 0 aromatic rings. The number of ether oxygens (including phenoxy) is 3. The van der Waals surface area contributed by atoms with Crippen molar-refractivity contribution in [2.24, 2.45) is 0 Å². The van der Waals surface area contributed by atoms with Gasteiger partial charge in [0.25, 0.3) is 0 Å². The SMILES string of the molecule is CCCCCCC(OCC)C(O[SiH3])(OCC)OCC. The van der Waals surface area contributed by atoms with Crippen LogP contribution in [0.1, 0.15) is 59.8 Å². The Bertz CT molecular complexity index is 196. The normalized spacial score (nSPS) is 13.9. The fourth-order valence-electron chi connectivity index (χ4n) is 2.20. The van der Waals surface area contributed by atoms with Gasteiger partial charge in [-0.25, -0.2) is 0 Å². The van der Waals surface area contributed by atoms with E-state index in [0.29, 0.717) is 30.3 Å². The smallest absolute Gasteiger partial charge is 0.300 e. The van der Waals surface area contributed by atoms with E-state index in [1.807, 2.05) is 20.8 Å². The van der Waals surface area contributed by atoms with E-state index in [4.69, 9.17) is 18.6 Å². The predicted octanol–water partition coefficient (Wildman–Crippen LogP) is 2.39. The summed E-state index contributed by atoms with van der Waals surface area (Å²) in [7, 11) is 0.560. The van der Waals surface area contributed by atoms with Crippen molar-refractivity contribution in [1.82, 2.24) is 0 Å². The molecule has 0 spiro atoms. The van der Waals surface area contributed by atoms with Crippen molar-refractivity contribution >= 4 is 10.5 Å². The van der Waals surface area contributed by atoms with Gasteiger partial charge in [0.05, 0.1) is 0 Å². The summed E-state index contributed by atoms with van der Waals surface area (Å²) >= 11 is 0. The predicted molar refractivity (Wildman–Crippen MR) is 81.2 cm³/mol. The standard InChI is InChI=1S/C14H32O4Si/c1-5-9-10-11-12-13(15-6-2)14(18-19,16-7-3)17-8-4/h13H,5-12H2,1-4,19H3. The Balaban J connectivity index is 4.62. The summed E-state index contributed by atoms with van der Waals surface area (Å²) in [6.45, 7) is 9.87. The first-order valence-corrected chi connectivity index (χ1v) is 8.46. The molecule has 0 heterocycles. The molecule has 0 amide bonds. The topological polar surface area (TPSA) is 36.9 Å². The van der Waals surface area contributed by atoms with Crippen LogP contribution in [-0.2, 0) is 18.6 Å². The summed E-state index contributed by atoms with van der Waals surface area (Å²) < 4.78 is 23.0. The summed E-state index contributed by atoms with van der Waals surface area (Å²) in [6, 6.07) is 0. The van der Waals surface area contributed by atoms with Gasteiger partial charge in [0, 0.05) is 19.8 Å². The van der Waals surface area contributed by atoms with Crippen LogP contribution in [0.15, 0.2) is 0 Å². The first-order valence-electron chi connectivity index (χ1n) is 7.65. The first kappa shape index (κ1) is 19.1. The van der Waals surface area contributed by atoms with Gasteiger partial charge in [-0.05, 0) is 27.2 Å². The number of hydrogen-bond donors (Lipinski definition) is 0. The Kier molecular flexibility index (Phi) is 11.9. The number of rotatable bonds is 13. The third-order valence-corrected chi connectivity index (χ3v) is 3.63. The lowest BCUT2D eigenvalue weighted by Gasteiger charge is -2.38. The molecule has 5 heteroatoms. The monoisotopic (exact) mass is 292 g/mol. The highest BCUT2D eigenvalue weighted by atomic mass is 28.2. The van der Waals surface area contributed by atoms with Crippen LogP contribution in [0.2, 0.25) is 0 Å². The van der Waals surface area contributed by atoms with E-state index in [0.717, 1.165) is 12.8 Å². The van der Waals surface area contributed by atoms with Crippen molar-refractivity contribution in [3.05, 3.63) is 0 Å². The van der Waals surface area contributed by atoms with Crippen LogP contribution < -0.4 is 0 Å². The highest BCUT2D eigenvalue weighted by Gasteiger charge is 2.41. The van der Waals surface area contributed by atoms with Gasteiger partial charge in [0.15, 0.2) is 10.5 Å². The molecule has 0 aliphatic carbocycles. The van der Waals surface area contributed by atoms with E-state index < -0.39 is 5.97 Å². The fourth-order valence-corrected chi connectivity index (χ4v) is 2.70.